The highest BCUT2D eigenvalue weighted by atomic mass is 19.1. The fourth-order valence-corrected chi connectivity index (χ4v) is 1.98. The zero-order chi connectivity index (χ0) is 13.3. The predicted octanol–water partition coefficient (Wildman–Crippen LogP) is 0.676. The number of halogens is 1. The Labute approximate surface area is 103 Å². The molecule has 1 aromatic rings. The minimum Gasteiger partial charge on any atom is -0.465 e. The van der Waals surface area contributed by atoms with Crippen LogP contribution in [0.2, 0.25) is 0 Å². The molecule has 1 aliphatic heterocycles. The first kappa shape index (κ1) is 12.5. The van der Waals surface area contributed by atoms with Crippen LogP contribution >= 0.6 is 0 Å². The van der Waals surface area contributed by atoms with Crippen LogP contribution in [0.15, 0.2) is 18.2 Å². The maximum absolute atomic E-state index is 13.3. The van der Waals surface area contributed by atoms with Crippen molar-refractivity contribution in [3.63, 3.8) is 0 Å². The van der Waals surface area contributed by atoms with E-state index < -0.39 is 11.8 Å². The second kappa shape index (κ2) is 4.73. The lowest BCUT2D eigenvalue weighted by molar-refractivity contribution is -0.117. The molecule has 1 fully saturated rings. The summed E-state index contributed by atoms with van der Waals surface area (Å²) in [6.07, 6.45) is 0.192. The molecule has 1 aliphatic rings. The van der Waals surface area contributed by atoms with Crippen LogP contribution in [0, 0.1) is 5.82 Å². The highest BCUT2D eigenvalue weighted by Crippen LogP contribution is 2.26. The lowest BCUT2D eigenvalue weighted by Crippen LogP contribution is -2.29. The van der Waals surface area contributed by atoms with Crippen LogP contribution in [0.1, 0.15) is 16.8 Å². The van der Waals surface area contributed by atoms with E-state index in [1.807, 2.05) is 0 Å². The van der Waals surface area contributed by atoms with Gasteiger partial charge in [0.05, 0.1) is 18.4 Å². The average Bonchev–Trinajstić information content (AvgIpc) is 2.67. The molecule has 0 aliphatic carbocycles. The molecule has 0 spiro atoms. The van der Waals surface area contributed by atoms with Crippen LogP contribution in [-0.4, -0.2) is 31.6 Å². The highest BCUT2D eigenvalue weighted by molar-refractivity contribution is 6.03. The predicted molar refractivity (Wildman–Crippen MR) is 62.7 cm³/mol. The fraction of sp³-hybridized carbons (Fsp3) is 0.333. The molecule has 1 aromatic carbocycles. The summed E-state index contributed by atoms with van der Waals surface area (Å²) in [5.74, 6) is -1.36. The van der Waals surface area contributed by atoms with Gasteiger partial charge in [0.2, 0.25) is 5.91 Å². The number of hydrogen-bond donors (Lipinski definition) is 1. The van der Waals surface area contributed by atoms with Gasteiger partial charge in [-0.25, -0.2) is 9.18 Å². The molecule has 0 aromatic heterocycles. The SMILES string of the molecule is COC(=O)c1ccc(F)cc1N1CC(N)CC1=O. The molecule has 5 nitrogen and oxygen atoms in total. The van der Waals surface area contributed by atoms with E-state index in [-0.39, 0.29) is 36.2 Å². The van der Waals surface area contributed by atoms with Crippen LogP contribution in [-0.2, 0) is 9.53 Å². The van der Waals surface area contributed by atoms with Crippen LogP contribution < -0.4 is 10.6 Å². The first-order valence-corrected chi connectivity index (χ1v) is 5.46. The lowest BCUT2D eigenvalue weighted by Gasteiger charge is -2.19. The van der Waals surface area contributed by atoms with Crippen LogP contribution in [0.4, 0.5) is 10.1 Å². The Morgan fingerprint density at radius 2 is 2.28 bits per heavy atom. The van der Waals surface area contributed by atoms with Gasteiger partial charge in [-0.2, -0.15) is 0 Å². The van der Waals surface area contributed by atoms with Crippen molar-refractivity contribution in [2.24, 2.45) is 5.73 Å². The molecule has 0 saturated carbocycles. The second-order valence-electron chi connectivity index (χ2n) is 4.12. The Bertz CT molecular complexity index is 504. The first-order valence-electron chi connectivity index (χ1n) is 5.46. The Morgan fingerprint density at radius 1 is 1.56 bits per heavy atom. The van der Waals surface area contributed by atoms with Gasteiger partial charge in [-0.05, 0) is 18.2 Å². The Kier molecular flexibility index (Phi) is 3.29. The van der Waals surface area contributed by atoms with Gasteiger partial charge >= 0.3 is 5.97 Å². The van der Waals surface area contributed by atoms with Gasteiger partial charge in [0.25, 0.3) is 0 Å². The minimum atomic E-state index is -0.613. The van der Waals surface area contributed by atoms with E-state index >= 15 is 0 Å². The summed E-state index contributed by atoms with van der Waals surface area (Å²) in [5.41, 5.74) is 6.04. The van der Waals surface area contributed by atoms with E-state index in [4.69, 9.17) is 5.73 Å². The summed E-state index contributed by atoms with van der Waals surface area (Å²) in [6, 6.07) is 3.29. The monoisotopic (exact) mass is 252 g/mol. The number of carbonyl (C=O) groups is 2. The number of esters is 1. The maximum atomic E-state index is 13.3. The standard InChI is InChI=1S/C12H13FN2O3/c1-18-12(17)9-3-2-7(13)4-10(9)15-6-8(14)5-11(15)16/h2-4,8H,5-6,14H2,1H3. The molecule has 1 amide bonds. The largest absolute Gasteiger partial charge is 0.465 e. The van der Waals surface area contributed by atoms with Gasteiger partial charge < -0.3 is 15.4 Å². The summed E-state index contributed by atoms with van der Waals surface area (Å²) in [7, 11) is 1.23. The number of nitrogens with two attached hydrogens (primary N) is 1. The summed E-state index contributed by atoms with van der Waals surface area (Å²) < 4.78 is 17.9. The van der Waals surface area contributed by atoms with E-state index in [9.17, 15) is 14.0 Å². The maximum Gasteiger partial charge on any atom is 0.339 e. The van der Waals surface area contributed by atoms with E-state index in [0.29, 0.717) is 0 Å². The fourth-order valence-electron chi connectivity index (χ4n) is 1.98. The molecule has 0 bridgehead atoms. The van der Waals surface area contributed by atoms with Crippen molar-refractivity contribution < 1.29 is 18.7 Å². The molecule has 1 saturated heterocycles. The third-order valence-corrected chi connectivity index (χ3v) is 2.81. The van der Waals surface area contributed by atoms with Crippen molar-refractivity contribution in [3.05, 3.63) is 29.6 Å². The van der Waals surface area contributed by atoms with Gasteiger partial charge in [0, 0.05) is 19.0 Å². The zero-order valence-electron chi connectivity index (χ0n) is 9.85. The highest BCUT2D eigenvalue weighted by Gasteiger charge is 2.31. The number of anilines is 1. The van der Waals surface area contributed by atoms with Crippen LogP contribution in [0.3, 0.4) is 0 Å². The lowest BCUT2D eigenvalue weighted by atomic mass is 10.1. The van der Waals surface area contributed by atoms with Crippen molar-refractivity contribution in [1.29, 1.82) is 0 Å². The Balaban J connectivity index is 2.45. The Hall–Kier alpha value is -1.95. The summed E-state index contributed by atoms with van der Waals surface area (Å²) in [5, 5.41) is 0. The third kappa shape index (κ3) is 2.19. The van der Waals surface area contributed by atoms with Gasteiger partial charge in [0.15, 0.2) is 0 Å². The van der Waals surface area contributed by atoms with E-state index in [1.165, 1.54) is 18.1 Å². The van der Waals surface area contributed by atoms with Crippen molar-refractivity contribution in [2.75, 3.05) is 18.6 Å². The quantitative estimate of drug-likeness (QED) is 0.785. The molecular weight excluding hydrogens is 239 g/mol. The van der Waals surface area contributed by atoms with E-state index in [2.05, 4.69) is 4.74 Å². The van der Waals surface area contributed by atoms with Crippen molar-refractivity contribution >= 4 is 17.6 Å². The smallest absolute Gasteiger partial charge is 0.339 e. The minimum absolute atomic E-state index is 0.154. The average molecular weight is 252 g/mol. The third-order valence-electron chi connectivity index (χ3n) is 2.81. The van der Waals surface area contributed by atoms with Crippen molar-refractivity contribution in [2.45, 2.75) is 12.5 Å². The molecule has 2 rings (SSSR count). The molecule has 1 heterocycles. The molecule has 6 heteroatoms. The molecule has 0 radical (unpaired) electrons. The molecule has 1 atom stereocenters. The van der Waals surface area contributed by atoms with Crippen LogP contribution in [0.5, 0.6) is 0 Å². The molecule has 2 N–H and O–H groups in total. The summed E-state index contributed by atoms with van der Waals surface area (Å²) in [6.45, 7) is 0.270. The van der Waals surface area contributed by atoms with Crippen molar-refractivity contribution in [1.82, 2.24) is 0 Å². The topological polar surface area (TPSA) is 72.6 Å². The first-order chi connectivity index (χ1) is 8.52. The number of methoxy groups -OCH3 is 1. The molecule has 18 heavy (non-hydrogen) atoms. The van der Waals surface area contributed by atoms with Crippen LogP contribution in [0.25, 0.3) is 0 Å². The molecule has 96 valence electrons. The molecular formula is C12H13FN2O3. The van der Waals surface area contributed by atoms with E-state index in [0.717, 1.165) is 12.1 Å². The number of amides is 1. The molecule has 1 unspecified atom stereocenters. The number of nitrogens with zero attached hydrogens (tertiary/aromatic N) is 1. The van der Waals surface area contributed by atoms with Gasteiger partial charge in [0.1, 0.15) is 5.82 Å². The number of rotatable bonds is 2. The van der Waals surface area contributed by atoms with Gasteiger partial charge in [-0.3, -0.25) is 4.79 Å². The number of ether oxygens (including phenoxy) is 1. The van der Waals surface area contributed by atoms with Crippen molar-refractivity contribution in [3.8, 4) is 0 Å². The van der Waals surface area contributed by atoms with E-state index in [1.54, 1.807) is 0 Å². The number of benzene rings is 1. The normalized spacial score (nSPS) is 19.2. The van der Waals surface area contributed by atoms with Gasteiger partial charge in [-0.15, -0.1) is 0 Å². The van der Waals surface area contributed by atoms with Gasteiger partial charge in [-0.1, -0.05) is 0 Å². The number of hydrogen-bond acceptors (Lipinski definition) is 4. The number of carbonyl (C=O) groups excluding carboxylic acids is 2. The summed E-state index contributed by atoms with van der Waals surface area (Å²) in [4.78, 5) is 24.6. The Morgan fingerprint density at radius 3 is 2.83 bits per heavy atom. The second-order valence-corrected chi connectivity index (χ2v) is 4.12. The zero-order valence-corrected chi connectivity index (χ0v) is 9.85. The summed E-state index contributed by atoms with van der Waals surface area (Å²) >= 11 is 0.